The number of aromatic nitrogens is 1. The molecule has 0 atom stereocenters. The van der Waals surface area contributed by atoms with Crippen molar-refractivity contribution in [2.75, 3.05) is 13.2 Å². The summed E-state index contributed by atoms with van der Waals surface area (Å²) < 4.78 is 0. The Morgan fingerprint density at radius 3 is 3.14 bits per heavy atom. The number of hydroxylamine groups is 2. The second-order valence-electron chi connectivity index (χ2n) is 3.23. The van der Waals surface area contributed by atoms with Gasteiger partial charge in [0.25, 0.3) is 5.91 Å². The minimum atomic E-state index is -0.0897. The maximum Gasteiger partial charge on any atom is 0.279 e. The molecule has 2 rings (SSSR count). The van der Waals surface area contributed by atoms with E-state index < -0.39 is 0 Å². The molecule has 4 nitrogen and oxygen atoms in total. The Hall–Kier alpha value is -1.42. The standard InChI is InChI=1S/C10H12N2O2/c1-8-9(4-2-5-11-8)10(13)12-6-3-7-14-12/h2,4-5H,3,6-7H2,1H3. The van der Waals surface area contributed by atoms with Crippen LogP contribution in [-0.4, -0.2) is 29.1 Å². The molecule has 1 fully saturated rings. The van der Waals surface area contributed by atoms with Crippen LogP contribution in [0.15, 0.2) is 18.3 Å². The first-order valence-corrected chi connectivity index (χ1v) is 4.65. The third-order valence-electron chi connectivity index (χ3n) is 2.22. The Bertz CT molecular complexity index is 346. The van der Waals surface area contributed by atoms with Crippen molar-refractivity contribution in [1.29, 1.82) is 0 Å². The number of pyridine rings is 1. The summed E-state index contributed by atoms with van der Waals surface area (Å²) in [6.45, 7) is 3.13. The summed E-state index contributed by atoms with van der Waals surface area (Å²) in [6.07, 6.45) is 2.59. The molecule has 0 saturated carbocycles. The predicted octanol–water partition coefficient (Wildman–Crippen LogP) is 1.17. The number of carbonyl (C=O) groups is 1. The first-order valence-electron chi connectivity index (χ1n) is 4.65. The fraction of sp³-hybridized carbons (Fsp3) is 0.400. The van der Waals surface area contributed by atoms with Crippen LogP contribution in [0.3, 0.4) is 0 Å². The Kier molecular flexibility index (Phi) is 2.45. The van der Waals surface area contributed by atoms with Gasteiger partial charge in [-0.15, -0.1) is 0 Å². The highest BCUT2D eigenvalue weighted by Gasteiger charge is 2.22. The Morgan fingerprint density at radius 2 is 2.50 bits per heavy atom. The summed E-state index contributed by atoms with van der Waals surface area (Å²) in [4.78, 5) is 21.1. The van der Waals surface area contributed by atoms with Crippen molar-refractivity contribution >= 4 is 5.91 Å². The predicted molar refractivity (Wildman–Crippen MR) is 50.6 cm³/mol. The fourth-order valence-corrected chi connectivity index (χ4v) is 1.45. The highest BCUT2D eigenvalue weighted by molar-refractivity contribution is 5.94. The maximum absolute atomic E-state index is 11.8. The molecular formula is C10H12N2O2. The average molecular weight is 192 g/mol. The number of nitrogens with zero attached hydrogens (tertiary/aromatic N) is 2. The third kappa shape index (κ3) is 1.61. The summed E-state index contributed by atoms with van der Waals surface area (Å²) in [5.41, 5.74) is 1.36. The van der Waals surface area contributed by atoms with Crippen molar-refractivity contribution in [2.24, 2.45) is 0 Å². The molecule has 1 aromatic heterocycles. The highest BCUT2D eigenvalue weighted by atomic mass is 16.7. The molecule has 0 unspecified atom stereocenters. The molecule has 2 heterocycles. The number of hydrogen-bond donors (Lipinski definition) is 0. The Balaban J connectivity index is 2.22. The summed E-state index contributed by atoms with van der Waals surface area (Å²) in [6, 6.07) is 3.53. The quantitative estimate of drug-likeness (QED) is 0.670. The van der Waals surface area contributed by atoms with E-state index in [0.29, 0.717) is 18.7 Å². The number of amides is 1. The first kappa shape index (κ1) is 9.15. The van der Waals surface area contributed by atoms with E-state index in [9.17, 15) is 4.79 Å². The van der Waals surface area contributed by atoms with Crippen LogP contribution in [0.1, 0.15) is 22.5 Å². The van der Waals surface area contributed by atoms with E-state index in [4.69, 9.17) is 4.84 Å². The van der Waals surface area contributed by atoms with Gasteiger partial charge < -0.3 is 0 Å². The van der Waals surface area contributed by atoms with Gasteiger partial charge in [-0.1, -0.05) is 0 Å². The minimum Gasteiger partial charge on any atom is -0.271 e. The van der Waals surface area contributed by atoms with Crippen LogP contribution in [-0.2, 0) is 4.84 Å². The maximum atomic E-state index is 11.8. The molecule has 1 aromatic rings. The van der Waals surface area contributed by atoms with E-state index in [1.807, 2.05) is 6.92 Å². The second kappa shape index (κ2) is 3.75. The molecule has 1 amide bonds. The average Bonchev–Trinajstić information content (AvgIpc) is 2.70. The van der Waals surface area contributed by atoms with Crippen molar-refractivity contribution in [3.8, 4) is 0 Å². The van der Waals surface area contributed by atoms with E-state index in [-0.39, 0.29) is 5.91 Å². The SMILES string of the molecule is Cc1ncccc1C(=O)N1CCCO1. The third-order valence-corrected chi connectivity index (χ3v) is 2.22. The highest BCUT2D eigenvalue weighted by Crippen LogP contribution is 2.12. The van der Waals surface area contributed by atoms with Gasteiger partial charge in [0.2, 0.25) is 0 Å². The van der Waals surface area contributed by atoms with Crippen molar-refractivity contribution < 1.29 is 9.63 Å². The lowest BCUT2D eigenvalue weighted by molar-refractivity contribution is -0.0769. The molecule has 0 bridgehead atoms. The lowest BCUT2D eigenvalue weighted by Crippen LogP contribution is -2.27. The normalized spacial score (nSPS) is 15.9. The van der Waals surface area contributed by atoms with Crippen molar-refractivity contribution in [3.63, 3.8) is 0 Å². The fourth-order valence-electron chi connectivity index (χ4n) is 1.45. The lowest BCUT2D eigenvalue weighted by atomic mass is 10.2. The van der Waals surface area contributed by atoms with Crippen LogP contribution in [0.2, 0.25) is 0 Å². The van der Waals surface area contributed by atoms with E-state index in [1.54, 1.807) is 18.3 Å². The molecule has 1 aliphatic rings. The molecule has 0 spiro atoms. The number of hydrogen-bond acceptors (Lipinski definition) is 3. The van der Waals surface area contributed by atoms with E-state index in [2.05, 4.69) is 4.98 Å². The van der Waals surface area contributed by atoms with E-state index >= 15 is 0 Å². The van der Waals surface area contributed by atoms with Gasteiger partial charge in [0, 0.05) is 6.20 Å². The van der Waals surface area contributed by atoms with Gasteiger partial charge >= 0.3 is 0 Å². The summed E-state index contributed by atoms with van der Waals surface area (Å²) in [5, 5.41) is 1.41. The van der Waals surface area contributed by atoms with Crippen LogP contribution < -0.4 is 0 Å². The number of aryl methyl sites for hydroxylation is 1. The molecule has 14 heavy (non-hydrogen) atoms. The summed E-state index contributed by atoms with van der Waals surface area (Å²) in [5.74, 6) is -0.0897. The zero-order valence-electron chi connectivity index (χ0n) is 8.06. The van der Waals surface area contributed by atoms with Gasteiger partial charge in [-0.25, -0.2) is 5.06 Å². The Morgan fingerprint density at radius 1 is 1.64 bits per heavy atom. The molecular weight excluding hydrogens is 180 g/mol. The van der Waals surface area contributed by atoms with Crippen LogP contribution >= 0.6 is 0 Å². The topological polar surface area (TPSA) is 42.4 Å². The van der Waals surface area contributed by atoms with Crippen molar-refractivity contribution in [1.82, 2.24) is 10.0 Å². The van der Waals surface area contributed by atoms with Gasteiger partial charge in [0.05, 0.1) is 24.4 Å². The van der Waals surface area contributed by atoms with Crippen LogP contribution in [0.5, 0.6) is 0 Å². The lowest BCUT2D eigenvalue weighted by Gasteiger charge is -2.14. The van der Waals surface area contributed by atoms with Gasteiger partial charge in [0.1, 0.15) is 0 Å². The Labute approximate surface area is 82.5 Å². The zero-order valence-corrected chi connectivity index (χ0v) is 8.06. The van der Waals surface area contributed by atoms with Gasteiger partial charge in [0.15, 0.2) is 0 Å². The van der Waals surface area contributed by atoms with Gasteiger partial charge in [-0.2, -0.15) is 0 Å². The van der Waals surface area contributed by atoms with Crippen molar-refractivity contribution in [2.45, 2.75) is 13.3 Å². The minimum absolute atomic E-state index is 0.0897. The van der Waals surface area contributed by atoms with Crippen LogP contribution in [0, 0.1) is 6.92 Å². The number of carbonyl (C=O) groups excluding carboxylic acids is 1. The molecule has 0 N–H and O–H groups in total. The monoisotopic (exact) mass is 192 g/mol. The molecule has 1 aliphatic heterocycles. The van der Waals surface area contributed by atoms with E-state index in [0.717, 1.165) is 12.1 Å². The summed E-state index contributed by atoms with van der Waals surface area (Å²) >= 11 is 0. The molecule has 0 aliphatic carbocycles. The second-order valence-corrected chi connectivity index (χ2v) is 3.23. The van der Waals surface area contributed by atoms with Crippen molar-refractivity contribution in [3.05, 3.63) is 29.6 Å². The smallest absolute Gasteiger partial charge is 0.271 e. The van der Waals surface area contributed by atoms with E-state index in [1.165, 1.54) is 5.06 Å². The first-order chi connectivity index (χ1) is 6.79. The molecule has 1 saturated heterocycles. The van der Waals surface area contributed by atoms with Gasteiger partial charge in [-0.3, -0.25) is 14.6 Å². The summed E-state index contributed by atoms with van der Waals surface area (Å²) in [7, 11) is 0. The van der Waals surface area contributed by atoms with Crippen LogP contribution in [0.4, 0.5) is 0 Å². The molecule has 4 heteroatoms. The molecule has 74 valence electrons. The van der Waals surface area contributed by atoms with Crippen LogP contribution in [0.25, 0.3) is 0 Å². The number of rotatable bonds is 1. The zero-order chi connectivity index (χ0) is 9.97. The molecule has 0 radical (unpaired) electrons. The molecule has 0 aromatic carbocycles. The van der Waals surface area contributed by atoms with Gasteiger partial charge in [-0.05, 0) is 25.5 Å². The largest absolute Gasteiger partial charge is 0.279 e.